The van der Waals surface area contributed by atoms with Gasteiger partial charge < -0.3 is 24.8 Å². The molecule has 0 amide bonds. The quantitative estimate of drug-likeness (QED) is 0.439. The second kappa shape index (κ2) is 6.70. The molecule has 3 rings (SSSR count). The Hall–Kier alpha value is -0.370. The number of allylic oxidation sites excluding steroid dienone is 1. The molecule has 18 heavy (non-hydrogen) atoms. The summed E-state index contributed by atoms with van der Waals surface area (Å²) in [5.74, 6) is 0.518. The molecule has 89 valence electrons. The Bertz CT molecular complexity index is 549. The van der Waals surface area contributed by atoms with Gasteiger partial charge in [0.05, 0.1) is 0 Å². The molecule has 0 bridgehead atoms. The molecular weight excluding hydrogens is 430 g/mol. The van der Waals surface area contributed by atoms with Crippen molar-refractivity contribution in [2.75, 3.05) is 0 Å². The zero-order chi connectivity index (χ0) is 11.0. The summed E-state index contributed by atoms with van der Waals surface area (Å²) in [6.07, 6.45) is 2.36. The van der Waals surface area contributed by atoms with Crippen LogP contribution in [0.1, 0.15) is 22.6 Å². The minimum atomic E-state index is 0. The van der Waals surface area contributed by atoms with Crippen molar-refractivity contribution in [1.29, 1.82) is 0 Å². The molecule has 0 radical (unpaired) electrons. The van der Waals surface area contributed by atoms with E-state index in [-0.39, 0.29) is 24.8 Å². The van der Waals surface area contributed by atoms with Crippen LogP contribution in [0.25, 0.3) is 6.08 Å². The topological polar surface area (TPSA) is 0 Å². The molecule has 0 nitrogen and oxygen atoms in total. The van der Waals surface area contributed by atoms with Crippen LogP contribution in [0.2, 0.25) is 0 Å². The van der Waals surface area contributed by atoms with E-state index in [0.717, 1.165) is 24.4 Å². The molecule has 1 unspecified atom stereocenters. The van der Waals surface area contributed by atoms with Crippen molar-refractivity contribution < 1.29 is 49.2 Å². The van der Waals surface area contributed by atoms with Crippen molar-refractivity contribution in [1.82, 2.24) is 0 Å². The molecule has 0 aromatic heterocycles. The molecular formula is C15H11Cl2Hf. The number of rotatable bonds is 1. The van der Waals surface area contributed by atoms with Crippen LogP contribution in [0, 0.1) is 0 Å². The summed E-state index contributed by atoms with van der Waals surface area (Å²) in [6.45, 7) is 0. The Labute approximate surface area is 135 Å². The van der Waals surface area contributed by atoms with Gasteiger partial charge in [-0.1, -0.05) is 0 Å². The molecule has 0 aliphatic heterocycles. The van der Waals surface area contributed by atoms with Crippen LogP contribution >= 0.6 is 0 Å². The molecule has 1 atom stereocenters. The molecule has 0 N–H and O–H groups in total. The molecule has 0 spiro atoms. The van der Waals surface area contributed by atoms with Gasteiger partial charge >= 0.3 is 111 Å². The number of hydrogen-bond donors (Lipinski definition) is 0. The van der Waals surface area contributed by atoms with Crippen LogP contribution in [-0.4, -0.2) is 0 Å². The van der Waals surface area contributed by atoms with Gasteiger partial charge in [-0.05, 0) is 0 Å². The number of benzene rings is 2. The average molecular weight is 441 g/mol. The predicted molar refractivity (Wildman–Crippen MR) is 62.7 cm³/mol. The second-order valence-corrected chi connectivity index (χ2v) is 6.15. The number of hydrogen-bond acceptors (Lipinski definition) is 0. The third-order valence-electron chi connectivity index (χ3n) is 3.06. The van der Waals surface area contributed by atoms with Crippen molar-refractivity contribution in [3.8, 4) is 0 Å². The van der Waals surface area contributed by atoms with Gasteiger partial charge in [0.25, 0.3) is 0 Å². The van der Waals surface area contributed by atoms with Crippen LogP contribution in [0.4, 0.5) is 0 Å². The SMILES string of the molecule is [Cl-].[Cl-].[Hf+2][C]1=Cc2ccccc2C1c1ccccc1. The summed E-state index contributed by atoms with van der Waals surface area (Å²) in [4.78, 5) is 0. The fraction of sp³-hybridized carbons (Fsp3) is 0.0667. The Morgan fingerprint density at radius 1 is 0.778 bits per heavy atom. The van der Waals surface area contributed by atoms with E-state index >= 15 is 0 Å². The molecule has 2 aromatic rings. The third kappa shape index (κ3) is 2.79. The molecule has 0 saturated carbocycles. The first-order valence-corrected chi connectivity index (χ1v) is 7.23. The summed E-state index contributed by atoms with van der Waals surface area (Å²) >= 11 is 1.14. The Kier molecular flexibility index (Phi) is 5.84. The predicted octanol–water partition coefficient (Wildman–Crippen LogP) is -2.27. The summed E-state index contributed by atoms with van der Waals surface area (Å²) in [5, 5.41) is 0. The third-order valence-corrected chi connectivity index (χ3v) is 4.62. The Balaban J connectivity index is 0.000000810. The fourth-order valence-electron chi connectivity index (χ4n) is 2.33. The zero-order valence-electron chi connectivity index (χ0n) is 9.61. The molecule has 0 heterocycles. The van der Waals surface area contributed by atoms with Crippen LogP contribution in [0.3, 0.4) is 0 Å². The molecule has 3 heteroatoms. The van der Waals surface area contributed by atoms with E-state index in [9.17, 15) is 0 Å². The van der Waals surface area contributed by atoms with Gasteiger partial charge in [0, 0.05) is 0 Å². The average Bonchev–Trinajstić information content (AvgIpc) is 2.66. The maximum absolute atomic E-state index is 2.36. The Morgan fingerprint density at radius 2 is 1.39 bits per heavy atom. The summed E-state index contributed by atoms with van der Waals surface area (Å²) < 4.78 is 1.58. The standard InChI is InChI=1S/C15H11.2ClH.Hf/c1-2-6-12(7-3-1)15-11-10-13-8-4-5-9-14(13)15;;;/h1-10,15H;2*1H;/q;;;+2/p-2. The summed E-state index contributed by atoms with van der Waals surface area (Å²) in [7, 11) is 0. The van der Waals surface area contributed by atoms with Crippen molar-refractivity contribution in [2.45, 2.75) is 5.92 Å². The molecule has 0 fully saturated rings. The van der Waals surface area contributed by atoms with Crippen LogP contribution in [0.15, 0.2) is 57.9 Å². The van der Waals surface area contributed by atoms with E-state index in [1.54, 1.807) is 3.33 Å². The first kappa shape index (κ1) is 15.7. The molecule has 0 saturated heterocycles. The van der Waals surface area contributed by atoms with Crippen LogP contribution in [0.5, 0.6) is 0 Å². The van der Waals surface area contributed by atoms with E-state index in [4.69, 9.17) is 0 Å². The van der Waals surface area contributed by atoms with Gasteiger partial charge in [0.1, 0.15) is 0 Å². The first-order chi connectivity index (χ1) is 7.86. The van der Waals surface area contributed by atoms with E-state index < -0.39 is 0 Å². The van der Waals surface area contributed by atoms with Gasteiger partial charge in [-0.3, -0.25) is 0 Å². The summed E-state index contributed by atoms with van der Waals surface area (Å²) in [6, 6.07) is 19.6. The van der Waals surface area contributed by atoms with Gasteiger partial charge in [-0.25, -0.2) is 0 Å². The van der Waals surface area contributed by atoms with Gasteiger partial charge in [0.2, 0.25) is 0 Å². The van der Waals surface area contributed by atoms with Gasteiger partial charge in [-0.2, -0.15) is 0 Å². The van der Waals surface area contributed by atoms with E-state index in [2.05, 4.69) is 60.7 Å². The minimum absolute atomic E-state index is 0. The molecule has 2 aromatic carbocycles. The van der Waals surface area contributed by atoms with Crippen molar-refractivity contribution in [3.05, 3.63) is 74.6 Å². The maximum atomic E-state index is 2.36. The van der Waals surface area contributed by atoms with Crippen LogP contribution < -0.4 is 24.8 Å². The first-order valence-electron chi connectivity index (χ1n) is 5.43. The van der Waals surface area contributed by atoms with Gasteiger partial charge in [0.15, 0.2) is 0 Å². The van der Waals surface area contributed by atoms with E-state index in [0.29, 0.717) is 5.92 Å². The monoisotopic (exact) mass is 441 g/mol. The molecule has 1 aliphatic carbocycles. The van der Waals surface area contributed by atoms with Crippen molar-refractivity contribution >= 4 is 6.08 Å². The van der Waals surface area contributed by atoms with Gasteiger partial charge in [-0.15, -0.1) is 0 Å². The molecule has 1 aliphatic rings. The second-order valence-electron chi connectivity index (χ2n) is 4.07. The number of fused-ring (bicyclic) bond motifs is 1. The van der Waals surface area contributed by atoms with Crippen LogP contribution in [-0.2, 0) is 24.4 Å². The normalized spacial score (nSPS) is 16.1. The number of halogens is 2. The Morgan fingerprint density at radius 3 is 2.11 bits per heavy atom. The zero-order valence-corrected chi connectivity index (χ0v) is 14.7. The fourth-order valence-corrected chi connectivity index (χ4v) is 4.04. The van der Waals surface area contributed by atoms with Crippen molar-refractivity contribution in [3.63, 3.8) is 0 Å². The van der Waals surface area contributed by atoms with E-state index in [1.165, 1.54) is 16.7 Å². The van der Waals surface area contributed by atoms with Crippen molar-refractivity contribution in [2.24, 2.45) is 0 Å². The summed E-state index contributed by atoms with van der Waals surface area (Å²) in [5.41, 5.74) is 4.30. The van der Waals surface area contributed by atoms with E-state index in [1.807, 2.05) is 0 Å².